The first-order valence-corrected chi connectivity index (χ1v) is 5.70. The van der Waals surface area contributed by atoms with Crippen molar-refractivity contribution in [3.05, 3.63) is 30.3 Å². The van der Waals surface area contributed by atoms with Gasteiger partial charge in [0.25, 0.3) is 0 Å². The molecule has 0 saturated heterocycles. The number of nitrogens with one attached hydrogen (secondary N) is 2. The van der Waals surface area contributed by atoms with E-state index in [1.807, 2.05) is 0 Å². The third-order valence-electron chi connectivity index (χ3n) is 2.86. The molecule has 1 amide bonds. The third-order valence-corrected chi connectivity index (χ3v) is 2.86. The van der Waals surface area contributed by atoms with Gasteiger partial charge >= 0.3 is 0 Å². The van der Waals surface area contributed by atoms with Crippen LogP contribution in [-0.2, 0) is 4.79 Å². The van der Waals surface area contributed by atoms with E-state index in [-0.39, 0.29) is 17.5 Å². The molecule has 0 bridgehead atoms. The maximum atomic E-state index is 13.6. The second-order valence-electron chi connectivity index (χ2n) is 4.29. The Kier molecular flexibility index (Phi) is 2.55. The van der Waals surface area contributed by atoms with Crippen LogP contribution in [0.2, 0.25) is 0 Å². The van der Waals surface area contributed by atoms with Crippen LogP contribution in [0.3, 0.4) is 0 Å². The minimum absolute atomic E-state index is 0.0401. The number of H-pyrrole nitrogens is 1. The molecule has 1 aliphatic carbocycles. The van der Waals surface area contributed by atoms with E-state index in [1.165, 1.54) is 12.4 Å². The fourth-order valence-electron chi connectivity index (χ4n) is 1.69. The average molecular weight is 246 g/mol. The summed E-state index contributed by atoms with van der Waals surface area (Å²) in [7, 11) is 0. The Balaban J connectivity index is 1.88. The maximum absolute atomic E-state index is 13.6. The molecule has 1 saturated carbocycles. The summed E-state index contributed by atoms with van der Waals surface area (Å²) < 4.78 is 13.6. The lowest BCUT2D eigenvalue weighted by atomic mass is 10.2. The topological polar surface area (TPSA) is 70.7 Å². The minimum Gasteiger partial charge on any atom is -0.323 e. The molecule has 1 heterocycles. The van der Waals surface area contributed by atoms with Crippen molar-refractivity contribution >= 4 is 11.6 Å². The van der Waals surface area contributed by atoms with Crippen molar-refractivity contribution < 1.29 is 9.18 Å². The molecule has 2 aromatic rings. The highest BCUT2D eigenvalue weighted by Crippen LogP contribution is 2.31. The number of carbonyl (C=O) groups is 1. The Morgan fingerprint density at radius 1 is 1.44 bits per heavy atom. The van der Waals surface area contributed by atoms with Crippen LogP contribution in [0.4, 0.5) is 10.1 Å². The summed E-state index contributed by atoms with van der Waals surface area (Å²) in [6, 6.07) is 4.44. The lowest BCUT2D eigenvalue weighted by Crippen LogP contribution is -2.14. The standard InChI is InChI=1S/C12H11FN4O/c13-9-4-3-8(11-14-6-15-17-11)5-10(9)16-12(18)7-1-2-7/h3-7H,1-2H2,(H,16,18)(H,14,15,17). The number of hydrogen-bond acceptors (Lipinski definition) is 3. The van der Waals surface area contributed by atoms with Gasteiger partial charge in [-0.05, 0) is 31.0 Å². The monoisotopic (exact) mass is 246 g/mol. The van der Waals surface area contributed by atoms with E-state index >= 15 is 0 Å². The molecule has 0 atom stereocenters. The van der Waals surface area contributed by atoms with Gasteiger partial charge in [-0.3, -0.25) is 9.89 Å². The summed E-state index contributed by atoms with van der Waals surface area (Å²) in [5.74, 6) is 0.00569. The number of halogens is 1. The highest BCUT2D eigenvalue weighted by Gasteiger charge is 2.30. The fraction of sp³-hybridized carbons (Fsp3) is 0.250. The van der Waals surface area contributed by atoms with Crippen LogP contribution in [0.25, 0.3) is 11.4 Å². The Morgan fingerprint density at radius 2 is 2.28 bits per heavy atom. The van der Waals surface area contributed by atoms with Crippen molar-refractivity contribution in [1.82, 2.24) is 15.2 Å². The van der Waals surface area contributed by atoms with Gasteiger partial charge in [0.2, 0.25) is 5.91 Å². The van der Waals surface area contributed by atoms with Crippen molar-refractivity contribution in [2.45, 2.75) is 12.8 Å². The highest BCUT2D eigenvalue weighted by atomic mass is 19.1. The number of benzene rings is 1. The van der Waals surface area contributed by atoms with Crippen molar-refractivity contribution in [1.29, 1.82) is 0 Å². The first-order chi connectivity index (χ1) is 8.74. The summed E-state index contributed by atoms with van der Waals surface area (Å²) in [6.45, 7) is 0. The Bertz CT molecular complexity index is 578. The van der Waals surface area contributed by atoms with E-state index in [9.17, 15) is 9.18 Å². The smallest absolute Gasteiger partial charge is 0.227 e. The molecular weight excluding hydrogens is 235 g/mol. The Hall–Kier alpha value is -2.24. The van der Waals surface area contributed by atoms with Gasteiger partial charge in [0, 0.05) is 11.5 Å². The number of hydrogen-bond donors (Lipinski definition) is 2. The lowest BCUT2D eigenvalue weighted by molar-refractivity contribution is -0.117. The second-order valence-corrected chi connectivity index (χ2v) is 4.29. The van der Waals surface area contributed by atoms with Gasteiger partial charge in [-0.15, -0.1) is 0 Å². The van der Waals surface area contributed by atoms with Crippen LogP contribution in [0.1, 0.15) is 12.8 Å². The lowest BCUT2D eigenvalue weighted by Gasteiger charge is -2.07. The number of rotatable bonds is 3. The SMILES string of the molecule is O=C(Nc1cc(-c2ncn[nH]2)ccc1F)C1CC1. The van der Waals surface area contributed by atoms with E-state index < -0.39 is 5.82 Å². The normalized spacial score (nSPS) is 14.5. The molecule has 0 aliphatic heterocycles. The van der Waals surface area contributed by atoms with Gasteiger partial charge in [-0.25, -0.2) is 9.37 Å². The number of aromatic amines is 1. The van der Waals surface area contributed by atoms with Crippen LogP contribution < -0.4 is 5.32 Å². The minimum atomic E-state index is -0.452. The summed E-state index contributed by atoms with van der Waals surface area (Å²) in [5.41, 5.74) is 0.862. The van der Waals surface area contributed by atoms with E-state index in [0.29, 0.717) is 11.4 Å². The number of nitrogens with zero attached hydrogens (tertiary/aromatic N) is 2. The molecule has 0 unspecified atom stereocenters. The molecule has 1 aromatic heterocycles. The van der Waals surface area contributed by atoms with Crippen LogP contribution in [0.15, 0.2) is 24.5 Å². The van der Waals surface area contributed by atoms with Gasteiger partial charge in [0.05, 0.1) is 5.69 Å². The molecule has 5 nitrogen and oxygen atoms in total. The van der Waals surface area contributed by atoms with Crippen LogP contribution >= 0.6 is 0 Å². The predicted molar refractivity (Wildman–Crippen MR) is 63.1 cm³/mol. The summed E-state index contributed by atoms with van der Waals surface area (Å²) in [6.07, 6.45) is 3.14. The number of amides is 1. The van der Waals surface area contributed by atoms with Gasteiger partial charge in [-0.1, -0.05) is 0 Å². The molecular formula is C12H11FN4O. The van der Waals surface area contributed by atoms with Crippen molar-refractivity contribution in [2.24, 2.45) is 5.92 Å². The number of aromatic nitrogens is 3. The first-order valence-electron chi connectivity index (χ1n) is 5.70. The van der Waals surface area contributed by atoms with E-state index in [0.717, 1.165) is 12.8 Å². The zero-order chi connectivity index (χ0) is 12.5. The van der Waals surface area contributed by atoms with Crippen molar-refractivity contribution in [3.8, 4) is 11.4 Å². The van der Waals surface area contributed by atoms with E-state index in [2.05, 4.69) is 20.5 Å². The van der Waals surface area contributed by atoms with Gasteiger partial charge in [-0.2, -0.15) is 5.10 Å². The second kappa shape index (κ2) is 4.21. The molecule has 1 aromatic carbocycles. The van der Waals surface area contributed by atoms with Crippen LogP contribution in [0, 0.1) is 11.7 Å². The molecule has 3 rings (SSSR count). The van der Waals surface area contributed by atoms with Gasteiger partial charge in [0.15, 0.2) is 5.82 Å². The molecule has 1 fully saturated rings. The third kappa shape index (κ3) is 2.09. The van der Waals surface area contributed by atoms with Gasteiger partial charge in [0.1, 0.15) is 12.1 Å². The molecule has 1 aliphatic rings. The van der Waals surface area contributed by atoms with Crippen LogP contribution in [-0.4, -0.2) is 21.1 Å². The molecule has 92 valence electrons. The summed E-state index contributed by atoms with van der Waals surface area (Å²) in [5, 5.41) is 9.02. The number of anilines is 1. The first kappa shape index (κ1) is 10.9. The molecule has 0 spiro atoms. The molecule has 6 heteroatoms. The maximum Gasteiger partial charge on any atom is 0.227 e. The summed E-state index contributed by atoms with van der Waals surface area (Å²) >= 11 is 0. The largest absolute Gasteiger partial charge is 0.323 e. The zero-order valence-electron chi connectivity index (χ0n) is 9.48. The zero-order valence-corrected chi connectivity index (χ0v) is 9.48. The van der Waals surface area contributed by atoms with Crippen molar-refractivity contribution in [2.75, 3.05) is 5.32 Å². The summed E-state index contributed by atoms with van der Waals surface area (Å²) in [4.78, 5) is 15.6. The average Bonchev–Trinajstić information content (AvgIpc) is 3.08. The van der Waals surface area contributed by atoms with E-state index in [4.69, 9.17) is 0 Å². The van der Waals surface area contributed by atoms with E-state index in [1.54, 1.807) is 12.1 Å². The van der Waals surface area contributed by atoms with Crippen LogP contribution in [0.5, 0.6) is 0 Å². The quantitative estimate of drug-likeness (QED) is 0.869. The number of carbonyl (C=O) groups excluding carboxylic acids is 1. The van der Waals surface area contributed by atoms with Gasteiger partial charge < -0.3 is 5.32 Å². The highest BCUT2D eigenvalue weighted by molar-refractivity contribution is 5.94. The Labute approximate surface area is 102 Å². The fourth-order valence-corrected chi connectivity index (χ4v) is 1.69. The Morgan fingerprint density at radius 3 is 2.94 bits per heavy atom. The molecule has 18 heavy (non-hydrogen) atoms. The molecule has 2 N–H and O–H groups in total. The van der Waals surface area contributed by atoms with Crippen molar-refractivity contribution in [3.63, 3.8) is 0 Å². The molecule has 0 radical (unpaired) electrons. The predicted octanol–water partition coefficient (Wildman–Crippen LogP) is 1.96.